The predicted octanol–water partition coefficient (Wildman–Crippen LogP) is 9.32. The Hall–Kier alpha value is -3.27. The van der Waals surface area contributed by atoms with Gasteiger partial charge in [0.05, 0.1) is 19.3 Å². The summed E-state index contributed by atoms with van der Waals surface area (Å²) >= 11 is 0. The number of nitrogens with zero attached hydrogens (tertiary/aromatic N) is 2. The number of hydrogen-bond donors (Lipinski definition) is 2. The summed E-state index contributed by atoms with van der Waals surface area (Å²) in [5, 5.41) is 29.6. The molecule has 0 unspecified atom stereocenters. The minimum atomic E-state index is -0.210. The average molecular weight is 557 g/mol. The smallest absolute Gasteiger partial charge is 0.123 e. The van der Waals surface area contributed by atoms with Crippen LogP contribution in [-0.4, -0.2) is 21.4 Å². The van der Waals surface area contributed by atoms with Crippen LogP contribution in [0.15, 0.2) is 59.7 Å². The topological polar surface area (TPSA) is 56.1 Å². The Balaban J connectivity index is 2.16. The predicted molar refractivity (Wildman–Crippen MR) is 174 cm³/mol. The van der Waals surface area contributed by atoms with E-state index in [1.807, 2.05) is 36.5 Å². The third-order valence-electron chi connectivity index (χ3n) is 7.47. The molecule has 0 radical (unpaired) electrons. The van der Waals surface area contributed by atoms with Gasteiger partial charge in [0.15, 0.2) is 0 Å². The second kappa shape index (κ2) is 11.5. The van der Waals surface area contributed by atoms with Gasteiger partial charge in [-0.05, 0) is 84.9 Å². The minimum Gasteiger partial charge on any atom is -0.507 e. The Morgan fingerprint density at radius 1 is 0.561 bits per heavy atom. The van der Waals surface area contributed by atoms with E-state index in [2.05, 4.69) is 112 Å². The molecule has 0 heterocycles. The van der Waals surface area contributed by atoms with Crippen molar-refractivity contribution >= 4 is 6.21 Å². The van der Waals surface area contributed by atoms with Gasteiger partial charge in [0.2, 0.25) is 0 Å². The Labute approximate surface area is 249 Å². The van der Waals surface area contributed by atoms with Crippen molar-refractivity contribution in [1.82, 2.24) is 5.01 Å². The van der Waals surface area contributed by atoms with Crippen molar-refractivity contribution in [3.05, 3.63) is 93.5 Å². The monoisotopic (exact) mass is 556 g/mol. The third kappa shape index (κ3) is 8.15. The van der Waals surface area contributed by atoms with Crippen molar-refractivity contribution in [3.8, 4) is 11.5 Å². The van der Waals surface area contributed by atoms with Crippen LogP contribution < -0.4 is 0 Å². The van der Waals surface area contributed by atoms with Crippen molar-refractivity contribution in [1.29, 1.82) is 0 Å². The van der Waals surface area contributed by atoms with Crippen LogP contribution in [0.4, 0.5) is 0 Å². The van der Waals surface area contributed by atoms with Gasteiger partial charge in [-0.1, -0.05) is 113 Å². The molecule has 3 rings (SSSR count). The van der Waals surface area contributed by atoms with E-state index in [1.165, 1.54) is 0 Å². The fraction of sp³-hybridized carbons (Fsp3) is 0.486. The lowest BCUT2D eigenvalue weighted by Crippen LogP contribution is -2.22. The first-order valence-electron chi connectivity index (χ1n) is 14.8. The SMILES string of the molecule is CC(C)(C)c1cc(CN(Cc2cc(C(C)(C)C)c(O)c(C(C)(C)C)c2)/N=C\c2ccccc2)cc(C(C)(C)C)c1O. The largest absolute Gasteiger partial charge is 0.507 e. The van der Waals surface area contributed by atoms with Crippen molar-refractivity contribution in [2.24, 2.45) is 5.10 Å². The molecule has 0 aliphatic carbocycles. The molecular weight excluding hydrogens is 504 g/mol. The van der Waals surface area contributed by atoms with E-state index in [-0.39, 0.29) is 21.7 Å². The Bertz CT molecular complexity index is 1220. The molecule has 0 saturated heterocycles. The standard InChI is InChI=1S/C37H52N2O2/c1-34(2,3)28-18-26(19-29(32(28)40)35(4,5)6)23-39(38-22-25-16-14-13-15-17-25)24-27-20-30(36(7,8)9)33(41)31(21-27)37(10,11)12/h13-22,40-41H,23-24H2,1-12H3/b38-22-. The fourth-order valence-corrected chi connectivity index (χ4v) is 5.10. The first kappa shape index (κ1) is 32.2. The van der Waals surface area contributed by atoms with E-state index in [0.29, 0.717) is 24.6 Å². The summed E-state index contributed by atoms with van der Waals surface area (Å²) in [5.41, 5.74) is 6.19. The fourth-order valence-electron chi connectivity index (χ4n) is 5.10. The van der Waals surface area contributed by atoms with Gasteiger partial charge < -0.3 is 10.2 Å². The van der Waals surface area contributed by atoms with Crippen LogP contribution in [0.5, 0.6) is 11.5 Å². The summed E-state index contributed by atoms with van der Waals surface area (Å²) in [6, 6.07) is 18.7. The maximum atomic E-state index is 11.3. The van der Waals surface area contributed by atoms with Crippen LogP contribution in [-0.2, 0) is 34.7 Å². The lowest BCUT2D eigenvalue weighted by Gasteiger charge is -2.30. The molecule has 0 aromatic heterocycles. The zero-order valence-corrected chi connectivity index (χ0v) is 27.5. The molecule has 4 nitrogen and oxygen atoms in total. The number of hydrazone groups is 1. The molecule has 0 bridgehead atoms. The maximum Gasteiger partial charge on any atom is 0.123 e. The molecule has 3 aromatic carbocycles. The minimum absolute atomic E-state index is 0.210. The van der Waals surface area contributed by atoms with E-state index in [1.54, 1.807) is 0 Å². The second-order valence-corrected chi connectivity index (χ2v) is 15.6. The normalized spacial score (nSPS) is 13.2. The number of benzene rings is 3. The molecule has 0 fully saturated rings. The first-order chi connectivity index (χ1) is 18.7. The van der Waals surface area contributed by atoms with E-state index >= 15 is 0 Å². The summed E-state index contributed by atoms with van der Waals surface area (Å²) in [5.74, 6) is 0.771. The molecule has 41 heavy (non-hydrogen) atoms. The van der Waals surface area contributed by atoms with Crippen molar-refractivity contribution in [2.75, 3.05) is 0 Å². The quantitative estimate of drug-likeness (QED) is 0.235. The maximum absolute atomic E-state index is 11.3. The van der Waals surface area contributed by atoms with E-state index in [0.717, 1.165) is 38.9 Å². The summed E-state index contributed by atoms with van der Waals surface area (Å²) in [6.07, 6.45) is 1.91. The van der Waals surface area contributed by atoms with Gasteiger partial charge in [0, 0.05) is 0 Å². The Morgan fingerprint density at radius 2 is 0.878 bits per heavy atom. The lowest BCUT2D eigenvalue weighted by molar-refractivity contribution is 0.271. The highest BCUT2D eigenvalue weighted by Gasteiger charge is 2.28. The zero-order valence-electron chi connectivity index (χ0n) is 27.5. The number of hydrogen-bond acceptors (Lipinski definition) is 4. The summed E-state index contributed by atoms with van der Waals surface area (Å²) in [7, 11) is 0. The number of phenols is 2. The Kier molecular flexibility index (Phi) is 9.08. The number of phenolic OH excluding ortho intramolecular Hbond substituents is 2. The molecule has 2 N–H and O–H groups in total. The number of rotatable bonds is 6. The third-order valence-corrected chi connectivity index (χ3v) is 7.47. The van der Waals surface area contributed by atoms with Crippen LogP contribution in [0.25, 0.3) is 0 Å². The van der Waals surface area contributed by atoms with Crippen LogP contribution in [0.3, 0.4) is 0 Å². The van der Waals surface area contributed by atoms with Gasteiger partial charge in [-0.15, -0.1) is 0 Å². The van der Waals surface area contributed by atoms with Crippen LogP contribution in [0.2, 0.25) is 0 Å². The van der Waals surface area contributed by atoms with Gasteiger partial charge in [-0.2, -0.15) is 5.10 Å². The molecule has 3 aromatic rings. The van der Waals surface area contributed by atoms with Crippen LogP contribution >= 0.6 is 0 Å². The Morgan fingerprint density at radius 3 is 1.17 bits per heavy atom. The molecule has 0 saturated carbocycles. The second-order valence-electron chi connectivity index (χ2n) is 15.6. The van der Waals surface area contributed by atoms with Gasteiger partial charge >= 0.3 is 0 Å². The van der Waals surface area contributed by atoms with Crippen molar-refractivity contribution < 1.29 is 10.2 Å². The molecule has 0 atom stereocenters. The molecule has 4 heteroatoms. The molecule has 0 aliphatic heterocycles. The van der Waals surface area contributed by atoms with Gasteiger partial charge in [0.1, 0.15) is 11.5 Å². The van der Waals surface area contributed by atoms with Crippen LogP contribution in [0, 0.1) is 0 Å². The van der Waals surface area contributed by atoms with Crippen molar-refractivity contribution in [3.63, 3.8) is 0 Å². The zero-order chi connectivity index (χ0) is 31.0. The molecule has 0 spiro atoms. The van der Waals surface area contributed by atoms with Gasteiger partial charge in [-0.3, -0.25) is 5.01 Å². The summed E-state index contributed by atoms with van der Waals surface area (Å²) in [6.45, 7) is 26.8. The highest BCUT2D eigenvalue weighted by atomic mass is 16.3. The number of aromatic hydroxyl groups is 2. The van der Waals surface area contributed by atoms with E-state index < -0.39 is 0 Å². The van der Waals surface area contributed by atoms with Gasteiger partial charge in [-0.25, -0.2) is 0 Å². The van der Waals surface area contributed by atoms with E-state index in [4.69, 9.17) is 5.10 Å². The lowest BCUT2D eigenvalue weighted by atomic mass is 9.78. The highest BCUT2D eigenvalue weighted by molar-refractivity contribution is 5.79. The summed E-state index contributed by atoms with van der Waals surface area (Å²) < 4.78 is 0. The highest BCUT2D eigenvalue weighted by Crippen LogP contribution is 2.41. The molecule has 0 amide bonds. The van der Waals surface area contributed by atoms with E-state index in [9.17, 15) is 10.2 Å². The summed E-state index contributed by atoms with van der Waals surface area (Å²) in [4.78, 5) is 0. The average Bonchev–Trinajstić information content (AvgIpc) is 2.82. The first-order valence-corrected chi connectivity index (χ1v) is 14.8. The van der Waals surface area contributed by atoms with Gasteiger partial charge in [0.25, 0.3) is 0 Å². The molecule has 222 valence electrons. The molecular formula is C37H52N2O2. The van der Waals surface area contributed by atoms with Crippen LogP contribution in [0.1, 0.15) is 122 Å². The van der Waals surface area contributed by atoms with Crippen molar-refractivity contribution in [2.45, 2.75) is 118 Å². The molecule has 0 aliphatic rings.